The summed E-state index contributed by atoms with van der Waals surface area (Å²) in [6.07, 6.45) is -1.04. The minimum absolute atomic E-state index is 0.106. The summed E-state index contributed by atoms with van der Waals surface area (Å²) in [6.45, 7) is 4.49. The Morgan fingerprint density at radius 3 is 2.14 bits per heavy atom. The molecule has 194 valence electrons. The predicted octanol–water partition coefficient (Wildman–Crippen LogP) is 4.27. The fraction of sp³-hybridized carbons (Fsp3) is 0.231. The highest BCUT2D eigenvalue weighted by atomic mass is 79.9. The van der Waals surface area contributed by atoms with Gasteiger partial charge in [0.15, 0.2) is 6.10 Å². The molecule has 0 unspecified atom stereocenters. The van der Waals surface area contributed by atoms with E-state index in [0.717, 1.165) is 23.2 Å². The lowest BCUT2D eigenvalue weighted by Crippen LogP contribution is -2.36. The maximum atomic E-state index is 12.5. The number of rotatable bonds is 8. The number of anilines is 3. The van der Waals surface area contributed by atoms with Crippen molar-refractivity contribution in [1.29, 1.82) is 0 Å². The molecule has 1 saturated heterocycles. The molecule has 0 spiro atoms. The summed E-state index contributed by atoms with van der Waals surface area (Å²) in [5.41, 5.74) is 2.10. The third-order valence-corrected chi connectivity index (χ3v) is 7.59. The molecule has 0 saturated carbocycles. The van der Waals surface area contributed by atoms with Gasteiger partial charge >= 0.3 is 5.97 Å². The normalized spacial score (nSPS) is 14.5. The molecule has 1 atom stereocenters. The van der Waals surface area contributed by atoms with E-state index in [9.17, 15) is 18.0 Å². The summed E-state index contributed by atoms with van der Waals surface area (Å²) in [7, 11) is -3.78. The van der Waals surface area contributed by atoms with Crippen molar-refractivity contribution >= 4 is 54.9 Å². The third kappa shape index (κ3) is 7.09. The second-order valence-corrected chi connectivity index (χ2v) is 10.9. The van der Waals surface area contributed by atoms with Crippen molar-refractivity contribution in [2.24, 2.45) is 0 Å². The van der Waals surface area contributed by atoms with Crippen molar-refractivity contribution in [3.63, 3.8) is 0 Å². The first-order valence-corrected chi connectivity index (χ1v) is 13.8. The predicted molar refractivity (Wildman–Crippen MR) is 144 cm³/mol. The summed E-state index contributed by atoms with van der Waals surface area (Å²) < 4.78 is 38.9. The van der Waals surface area contributed by atoms with Crippen LogP contribution in [-0.4, -0.2) is 52.7 Å². The molecule has 1 amide bonds. The largest absolute Gasteiger partial charge is 0.449 e. The number of sulfonamides is 1. The van der Waals surface area contributed by atoms with Crippen LogP contribution in [0.15, 0.2) is 82.2 Å². The van der Waals surface area contributed by atoms with Gasteiger partial charge in [-0.3, -0.25) is 9.52 Å². The van der Waals surface area contributed by atoms with Crippen LogP contribution in [0.3, 0.4) is 0 Å². The van der Waals surface area contributed by atoms with Crippen LogP contribution in [0.25, 0.3) is 0 Å². The van der Waals surface area contributed by atoms with Crippen molar-refractivity contribution in [3.8, 4) is 0 Å². The molecule has 3 aromatic rings. The molecule has 9 nitrogen and oxygen atoms in total. The lowest BCUT2D eigenvalue weighted by Gasteiger charge is -2.28. The molecular weight excluding hydrogens is 562 g/mol. The Morgan fingerprint density at radius 2 is 1.51 bits per heavy atom. The van der Waals surface area contributed by atoms with Crippen LogP contribution < -0.4 is 14.9 Å². The van der Waals surface area contributed by atoms with Gasteiger partial charge in [-0.15, -0.1) is 0 Å². The molecule has 3 aromatic carbocycles. The summed E-state index contributed by atoms with van der Waals surface area (Å²) in [4.78, 5) is 27.4. The molecule has 1 fully saturated rings. The number of hydrogen-bond acceptors (Lipinski definition) is 7. The Hall–Kier alpha value is -3.41. The van der Waals surface area contributed by atoms with Gasteiger partial charge in [0.2, 0.25) is 0 Å². The standard InChI is InChI=1S/C26H26BrN3O6S/c1-18(25(31)28-21-8-10-23(11-9-21)30-14-16-35-17-15-30)36-26(32)19-2-6-22(7-3-19)29-37(33,34)24-12-4-20(27)5-13-24/h2-13,18,29H,14-17H2,1H3,(H,28,31)/t18-/m1/s1. The maximum absolute atomic E-state index is 12.5. The highest BCUT2D eigenvalue weighted by Gasteiger charge is 2.20. The van der Waals surface area contributed by atoms with Crippen LogP contribution in [-0.2, 0) is 24.3 Å². The second-order valence-electron chi connectivity index (χ2n) is 8.32. The van der Waals surface area contributed by atoms with Crippen molar-refractivity contribution in [2.75, 3.05) is 41.2 Å². The molecule has 0 aromatic heterocycles. The van der Waals surface area contributed by atoms with Crippen LogP contribution in [0, 0.1) is 0 Å². The first-order chi connectivity index (χ1) is 17.7. The van der Waals surface area contributed by atoms with E-state index in [1.165, 1.54) is 43.3 Å². The minimum atomic E-state index is -3.78. The zero-order chi connectivity index (χ0) is 26.4. The molecule has 0 bridgehead atoms. The third-order valence-electron chi connectivity index (χ3n) is 5.66. The van der Waals surface area contributed by atoms with Gasteiger partial charge in [0.05, 0.1) is 23.7 Å². The highest BCUT2D eigenvalue weighted by Crippen LogP contribution is 2.21. The number of hydrogen-bond donors (Lipinski definition) is 2. The molecule has 1 aliphatic rings. The molecule has 11 heteroatoms. The number of nitrogens with zero attached hydrogens (tertiary/aromatic N) is 1. The number of esters is 1. The average molecular weight is 588 g/mol. The van der Waals surface area contributed by atoms with Crippen molar-refractivity contribution in [3.05, 3.63) is 82.8 Å². The fourth-order valence-corrected chi connectivity index (χ4v) is 4.93. The van der Waals surface area contributed by atoms with Crippen molar-refractivity contribution < 1.29 is 27.5 Å². The van der Waals surface area contributed by atoms with E-state index >= 15 is 0 Å². The smallest absolute Gasteiger partial charge is 0.338 e. The van der Waals surface area contributed by atoms with Crippen LogP contribution in [0.2, 0.25) is 0 Å². The van der Waals surface area contributed by atoms with Gasteiger partial charge in [-0.25, -0.2) is 13.2 Å². The number of morpholine rings is 1. The highest BCUT2D eigenvalue weighted by molar-refractivity contribution is 9.10. The maximum Gasteiger partial charge on any atom is 0.338 e. The topological polar surface area (TPSA) is 114 Å². The second kappa shape index (κ2) is 11.8. The van der Waals surface area contributed by atoms with E-state index in [4.69, 9.17) is 9.47 Å². The number of benzene rings is 3. The Kier molecular flexibility index (Phi) is 8.47. The monoisotopic (exact) mass is 587 g/mol. The lowest BCUT2D eigenvalue weighted by molar-refractivity contribution is -0.123. The van der Waals surface area contributed by atoms with Crippen LogP contribution in [0.1, 0.15) is 17.3 Å². The Labute approximate surface area is 223 Å². The van der Waals surface area contributed by atoms with Gasteiger partial charge < -0.3 is 19.7 Å². The molecular formula is C26H26BrN3O6S. The van der Waals surface area contributed by atoms with Gasteiger partial charge in [-0.2, -0.15) is 0 Å². The van der Waals surface area contributed by atoms with E-state index in [0.29, 0.717) is 18.9 Å². The summed E-state index contributed by atoms with van der Waals surface area (Å²) >= 11 is 3.27. The zero-order valence-corrected chi connectivity index (χ0v) is 22.4. The Bertz CT molecular complexity index is 1340. The Morgan fingerprint density at radius 1 is 0.919 bits per heavy atom. The Balaban J connectivity index is 1.30. The molecule has 1 heterocycles. The number of amides is 1. The molecule has 0 radical (unpaired) electrons. The van der Waals surface area contributed by atoms with Crippen LogP contribution in [0.4, 0.5) is 17.1 Å². The van der Waals surface area contributed by atoms with E-state index < -0.39 is 28.0 Å². The number of carbonyl (C=O) groups excluding carboxylic acids is 2. The summed E-state index contributed by atoms with van der Waals surface area (Å²) in [5, 5.41) is 2.74. The first kappa shape index (κ1) is 26.6. The van der Waals surface area contributed by atoms with Gasteiger partial charge in [0.25, 0.3) is 15.9 Å². The van der Waals surface area contributed by atoms with Crippen molar-refractivity contribution in [2.45, 2.75) is 17.9 Å². The van der Waals surface area contributed by atoms with Gasteiger partial charge in [-0.05, 0) is 79.7 Å². The number of halogens is 1. The van der Waals surface area contributed by atoms with Crippen LogP contribution in [0.5, 0.6) is 0 Å². The van der Waals surface area contributed by atoms with Gasteiger partial charge in [-0.1, -0.05) is 15.9 Å². The SMILES string of the molecule is C[C@@H](OC(=O)c1ccc(NS(=O)(=O)c2ccc(Br)cc2)cc1)C(=O)Nc1ccc(N2CCOCC2)cc1. The van der Waals surface area contributed by atoms with E-state index in [2.05, 4.69) is 30.9 Å². The fourth-order valence-electron chi connectivity index (χ4n) is 3.61. The number of nitrogens with one attached hydrogen (secondary N) is 2. The summed E-state index contributed by atoms with van der Waals surface area (Å²) in [6, 6.07) is 19.4. The quantitative estimate of drug-likeness (QED) is 0.378. The van der Waals surface area contributed by atoms with Gasteiger partial charge in [0.1, 0.15) is 0 Å². The average Bonchev–Trinajstić information content (AvgIpc) is 2.90. The van der Waals surface area contributed by atoms with Crippen LogP contribution >= 0.6 is 15.9 Å². The molecule has 1 aliphatic heterocycles. The number of carbonyl (C=O) groups is 2. The van der Waals surface area contributed by atoms with E-state index in [1.807, 2.05) is 12.1 Å². The lowest BCUT2D eigenvalue weighted by atomic mass is 10.2. The molecule has 0 aliphatic carbocycles. The summed E-state index contributed by atoms with van der Waals surface area (Å²) in [5.74, 6) is -1.17. The first-order valence-electron chi connectivity index (χ1n) is 11.5. The zero-order valence-electron chi connectivity index (χ0n) is 20.0. The van der Waals surface area contributed by atoms with Crippen molar-refractivity contribution in [1.82, 2.24) is 0 Å². The van der Waals surface area contributed by atoms with Gasteiger partial charge in [0, 0.05) is 34.6 Å². The minimum Gasteiger partial charge on any atom is -0.449 e. The van der Waals surface area contributed by atoms with E-state index in [-0.39, 0.29) is 16.1 Å². The number of ether oxygens (including phenoxy) is 2. The van der Waals surface area contributed by atoms with E-state index in [1.54, 1.807) is 24.3 Å². The molecule has 4 rings (SSSR count). The molecule has 37 heavy (non-hydrogen) atoms. The molecule has 2 N–H and O–H groups in total.